The fourth-order valence-electron chi connectivity index (χ4n) is 7.48. The van der Waals surface area contributed by atoms with Crippen molar-refractivity contribution in [2.24, 2.45) is 0 Å². The Morgan fingerprint density at radius 2 is 0.854 bits per heavy atom. The topological polar surface area (TPSA) is 38.7 Å². The van der Waals surface area contributed by atoms with Crippen molar-refractivity contribution in [3.05, 3.63) is 164 Å². The standard InChI is InChI=1S/C45H27N3/c1-2-17-31-28(13-1)14-12-24-36(31)44-38-23-8-10-26-40(38)47-45(48-44)30-16-11-15-29(27-30)43-42-35-21-6-4-19-33(35)32-18-3-5-20-34(32)41(42)37-22-7-9-25-39(37)46-43/h1-27H. The van der Waals surface area contributed by atoms with E-state index in [1.165, 1.54) is 37.7 Å². The molecular weight excluding hydrogens is 583 g/mol. The van der Waals surface area contributed by atoms with Gasteiger partial charge in [-0.1, -0.05) is 146 Å². The highest BCUT2D eigenvalue weighted by Gasteiger charge is 2.19. The molecule has 0 spiro atoms. The quantitative estimate of drug-likeness (QED) is 0.187. The molecule has 10 rings (SSSR count). The van der Waals surface area contributed by atoms with E-state index in [1.54, 1.807) is 0 Å². The molecule has 0 bridgehead atoms. The van der Waals surface area contributed by atoms with E-state index >= 15 is 0 Å². The number of nitrogens with zero attached hydrogens (tertiary/aromatic N) is 3. The summed E-state index contributed by atoms with van der Waals surface area (Å²) in [6.07, 6.45) is 0. The van der Waals surface area contributed by atoms with Gasteiger partial charge in [-0.05, 0) is 50.5 Å². The lowest BCUT2D eigenvalue weighted by Gasteiger charge is -2.16. The van der Waals surface area contributed by atoms with Crippen LogP contribution in [-0.2, 0) is 0 Å². The fourth-order valence-corrected chi connectivity index (χ4v) is 7.48. The zero-order chi connectivity index (χ0) is 31.6. The number of pyridine rings is 1. The van der Waals surface area contributed by atoms with Gasteiger partial charge in [0.15, 0.2) is 5.82 Å². The molecule has 222 valence electrons. The van der Waals surface area contributed by atoms with Crippen molar-refractivity contribution >= 4 is 64.9 Å². The van der Waals surface area contributed by atoms with Gasteiger partial charge in [-0.15, -0.1) is 0 Å². The summed E-state index contributed by atoms with van der Waals surface area (Å²) in [5.41, 5.74) is 6.88. The molecule has 8 aromatic carbocycles. The molecule has 0 amide bonds. The Morgan fingerprint density at radius 3 is 1.62 bits per heavy atom. The van der Waals surface area contributed by atoms with E-state index in [0.29, 0.717) is 5.82 Å². The average molecular weight is 610 g/mol. The van der Waals surface area contributed by atoms with Crippen molar-refractivity contribution in [3.8, 4) is 33.9 Å². The molecule has 48 heavy (non-hydrogen) atoms. The summed E-state index contributed by atoms with van der Waals surface area (Å²) in [4.78, 5) is 15.8. The van der Waals surface area contributed by atoms with E-state index in [0.717, 1.165) is 55.3 Å². The van der Waals surface area contributed by atoms with Gasteiger partial charge in [-0.3, -0.25) is 0 Å². The molecule has 3 heteroatoms. The highest BCUT2D eigenvalue weighted by atomic mass is 14.9. The number of hydrogen-bond acceptors (Lipinski definition) is 3. The van der Waals surface area contributed by atoms with Crippen LogP contribution in [0.3, 0.4) is 0 Å². The Bertz CT molecular complexity index is 2900. The lowest BCUT2D eigenvalue weighted by Crippen LogP contribution is -1.97. The van der Waals surface area contributed by atoms with Gasteiger partial charge >= 0.3 is 0 Å². The van der Waals surface area contributed by atoms with Crippen LogP contribution in [0.4, 0.5) is 0 Å². The van der Waals surface area contributed by atoms with Crippen molar-refractivity contribution < 1.29 is 0 Å². The average Bonchev–Trinajstić information content (AvgIpc) is 3.17. The summed E-state index contributed by atoms with van der Waals surface area (Å²) in [5.74, 6) is 0.693. The van der Waals surface area contributed by atoms with E-state index in [2.05, 4.69) is 158 Å². The van der Waals surface area contributed by atoms with Crippen LogP contribution in [0.25, 0.3) is 98.8 Å². The van der Waals surface area contributed by atoms with Crippen LogP contribution in [0.5, 0.6) is 0 Å². The molecule has 0 saturated heterocycles. The Kier molecular flexibility index (Phi) is 5.87. The van der Waals surface area contributed by atoms with Crippen LogP contribution >= 0.6 is 0 Å². The smallest absolute Gasteiger partial charge is 0.160 e. The third-order valence-corrected chi connectivity index (χ3v) is 9.62. The van der Waals surface area contributed by atoms with E-state index in [-0.39, 0.29) is 0 Å². The van der Waals surface area contributed by atoms with E-state index in [1.807, 2.05) is 6.07 Å². The first-order chi connectivity index (χ1) is 23.8. The summed E-state index contributed by atoms with van der Waals surface area (Å²) in [6.45, 7) is 0. The Hall–Kier alpha value is -6.45. The Balaban J connectivity index is 1.26. The molecule has 0 fully saturated rings. The second kappa shape index (κ2) is 10.5. The second-order valence-corrected chi connectivity index (χ2v) is 12.3. The minimum Gasteiger partial charge on any atom is -0.247 e. The van der Waals surface area contributed by atoms with Crippen molar-refractivity contribution in [2.75, 3.05) is 0 Å². The maximum absolute atomic E-state index is 5.37. The maximum Gasteiger partial charge on any atom is 0.160 e. The van der Waals surface area contributed by atoms with Crippen molar-refractivity contribution in [3.63, 3.8) is 0 Å². The largest absolute Gasteiger partial charge is 0.247 e. The monoisotopic (exact) mass is 609 g/mol. The SMILES string of the molecule is c1cc(-c2nc(-c3cccc4ccccc34)c3ccccc3n2)cc(-c2nc3ccccc3c3c4ccccc4c4ccccc4c23)c1. The van der Waals surface area contributed by atoms with Crippen LogP contribution < -0.4 is 0 Å². The van der Waals surface area contributed by atoms with E-state index < -0.39 is 0 Å². The minimum atomic E-state index is 0.693. The fraction of sp³-hybridized carbons (Fsp3) is 0. The normalized spacial score (nSPS) is 11.8. The molecule has 0 aliphatic heterocycles. The number of benzene rings is 8. The van der Waals surface area contributed by atoms with Gasteiger partial charge in [0.2, 0.25) is 0 Å². The predicted octanol–water partition coefficient (Wildman–Crippen LogP) is 11.8. The number of fused-ring (bicyclic) bond motifs is 10. The lowest BCUT2D eigenvalue weighted by molar-refractivity contribution is 1.23. The van der Waals surface area contributed by atoms with E-state index in [4.69, 9.17) is 15.0 Å². The summed E-state index contributed by atoms with van der Waals surface area (Å²) in [5, 5.41) is 11.9. The number of aromatic nitrogens is 3. The molecule has 0 unspecified atom stereocenters. The van der Waals surface area contributed by atoms with Gasteiger partial charge in [0.1, 0.15) is 0 Å². The first-order valence-electron chi connectivity index (χ1n) is 16.3. The van der Waals surface area contributed by atoms with Gasteiger partial charge in [0.25, 0.3) is 0 Å². The van der Waals surface area contributed by atoms with Gasteiger partial charge in [0, 0.05) is 38.2 Å². The first-order valence-corrected chi connectivity index (χ1v) is 16.3. The van der Waals surface area contributed by atoms with Gasteiger partial charge in [0.05, 0.1) is 22.4 Å². The second-order valence-electron chi connectivity index (χ2n) is 12.3. The highest BCUT2D eigenvalue weighted by molar-refractivity contribution is 6.33. The van der Waals surface area contributed by atoms with Gasteiger partial charge < -0.3 is 0 Å². The number of rotatable bonds is 3. The van der Waals surface area contributed by atoms with Crippen LogP contribution in [0.2, 0.25) is 0 Å². The zero-order valence-corrected chi connectivity index (χ0v) is 25.9. The molecule has 3 nitrogen and oxygen atoms in total. The number of para-hydroxylation sites is 2. The molecule has 0 N–H and O–H groups in total. The molecule has 2 heterocycles. The molecule has 10 aromatic rings. The van der Waals surface area contributed by atoms with Crippen LogP contribution in [0.15, 0.2) is 164 Å². The molecule has 0 aliphatic carbocycles. The van der Waals surface area contributed by atoms with Gasteiger partial charge in [-0.25, -0.2) is 15.0 Å². The summed E-state index contributed by atoms with van der Waals surface area (Å²) in [6, 6.07) is 57.8. The van der Waals surface area contributed by atoms with Gasteiger partial charge in [-0.2, -0.15) is 0 Å². The zero-order valence-electron chi connectivity index (χ0n) is 25.9. The van der Waals surface area contributed by atoms with Crippen molar-refractivity contribution in [1.29, 1.82) is 0 Å². The van der Waals surface area contributed by atoms with Crippen molar-refractivity contribution in [1.82, 2.24) is 15.0 Å². The molecule has 0 saturated carbocycles. The third-order valence-electron chi connectivity index (χ3n) is 9.62. The van der Waals surface area contributed by atoms with E-state index in [9.17, 15) is 0 Å². The van der Waals surface area contributed by atoms with Crippen LogP contribution in [0, 0.1) is 0 Å². The first kappa shape index (κ1) is 26.7. The Morgan fingerprint density at radius 1 is 0.312 bits per heavy atom. The highest BCUT2D eigenvalue weighted by Crippen LogP contribution is 2.43. The maximum atomic E-state index is 5.37. The third kappa shape index (κ3) is 4.04. The molecular formula is C45H27N3. The van der Waals surface area contributed by atoms with Crippen molar-refractivity contribution in [2.45, 2.75) is 0 Å². The predicted molar refractivity (Wildman–Crippen MR) is 201 cm³/mol. The molecule has 2 aromatic heterocycles. The summed E-state index contributed by atoms with van der Waals surface area (Å²) >= 11 is 0. The summed E-state index contributed by atoms with van der Waals surface area (Å²) in [7, 11) is 0. The summed E-state index contributed by atoms with van der Waals surface area (Å²) < 4.78 is 0. The molecule has 0 atom stereocenters. The number of hydrogen-bond donors (Lipinski definition) is 0. The van der Waals surface area contributed by atoms with Crippen LogP contribution in [0.1, 0.15) is 0 Å². The lowest BCUT2D eigenvalue weighted by atomic mass is 9.90. The Labute approximate surface area is 276 Å². The molecule has 0 aliphatic rings. The van der Waals surface area contributed by atoms with Crippen LogP contribution in [-0.4, -0.2) is 15.0 Å². The molecule has 0 radical (unpaired) electrons. The minimum absolute atomic E-state index is 0.693.